The fourth-order valence-electron chi connectivity index (χ4n) is 2.31. The van der Waals surface area contributed by atoms with E-state index in [2.05, 4.69) is 32.2 Å². The lowest BCUT2D eigenvalue weighted by molar-refractivity contribution is 0.512. The molecule has 1 N–H and O–H groups in total. The first-order chi connectivity index (χ1) is 7.16. The van der Waals surface area contributed by atoms with Crippen molar-refractivity contribution < 1.29 is 0 Å². The molecule has 1 heterocycles. The Kier molecular flexibility index (Phi) is 3.47. The van der Waals surface area contributed by atoms with Crippen LogP contribution in [-0.2, 0) is 12.8 Å². The van der Waals surface area contributed by atoms with Gasteiger partial charge in [0.2, 0.25) is 0 Å². The van der Waals surface area contributed by atoms with E-state index in [0.29, 0.717) is 12.1 Å². The molecule has 0 saturated heterocycles. The monoisotopic (exact) mass is 223 g/mol. The van der Waals surface area contributed by atoms with Crippen LogP contribution in [0.1, 0.15) is 55.0 Å². The number of hydrogen-bond acceptors (Lipinski definition) is 2. The Balaban J connectivity index is 2.11. The van der Waals surface area contributed by atoms with Gasteiger partial charge in [-0.25, -0.2) is 0 Å². The molecule has 0 spiro atoms. The molecule has 1 aliphatic rings. The zero-order valence-electron chi connectivity index (χ0n) is 9.97. The summed E-state index contributed by atoms with van der Waals surface area (Å²) in [6.07, 6.45) is 5.39. The molecule has 1 nitrogen and oxygen atoms in total. The third-order valence-electron chi connectivity index (χ3n) is 3.03. The van der Waals surface area contributed by atoms with E-state index in [-0.39, 0.29) is 0 Å². The van der Waals surface area contributed by atoms with E-state index in [4.69, 9.17) is 0 Å². The minimum atomic E-state index is 0.514. The SMILES string of the molecule is CC(C)NC(C)c1cc2c(s1)CCCC2. The van der Waals surface area contributed by atoms with Crippen molar-refractivity contribution >= 4 is 11.3 Å². The van der Waals surface area contributed by atoms with Gasteiger partial charge >= 0.3 is 0 Å². The Hall–Kier alpha value is -0.340. The third kappa shape index (κ3) is 2.61. The van der Waals surface area contributed by atoms with Crippen molar-refractivity contribution in [3.8, 4) is 0 Å². The quantitative estimate of drug-likeness (QED) is 0.824. The van der Waals surface area contributed by atoms with Crippen LogP contribution in [0, 0.1) is 0 Å². The minimum absolute atomic E-state index is 0.514. The van der Waals surface area contributed by atoms with Gasteiger partial charge in [0, 0.05) is 21.8 Å². The Morgan fingerprint density at radius 1 is 1.20 bits per heavy atom. The van der Waals surface area contributed by atoms with Crippen LogP contribution >= 0.6 is 11.3 Å². The second-order valence-electron chi connectivity index (χ2n) is 4.85. The molecule has 1 aromatic rings. The van der Waals surface area contributed by atoms with Crippen LogP contribution in [0.15, 0.2) is 6.07 Å². The van der Waals surface area contributed by atoms with Crippen LogP contribution in [-0.4, -0.2) is 6.04 Å². The van der Waals surface area contributed by atoms with E-state index in [9.17, 15) is 0 Å². The summed E-state index contributed by atoms with van der Waals surface area (Å²) in [5.74, 6) is 0. The van der Waals surface area contributed by atoms with Gasteiger partial charge < -0.3 is 5.32 Å². The van der Waals surface area contributed by atoms with Crippen LogP contribution in [0.3, 0.4) is 0 Å². The summed E-state index contributed by atoms with van der Waals surface area (Å²) in [6, 6.07) is 3.51. The van der Waals surface area contributed by atoms with E-state index in [1.54, 1.807) is 10.4 Å². The molecule has 2 heteroatoms. The maximum atomic E-state index is 3.58. The van der Waals surface area contributed by atoms with Crippen LogP contribution in [0.5, 0.6) is 0 Å². The Bertz CT molecular complexity index is 304. The van der Waals surface area contributed by atoms with Crippen molar-refractivity contribution in [3.63, 3.8) is 0 Å². The third-order valence-corrected chi connectivity index (χ3v) is 4.45. The van der Waals surface area contributed by atoms with Crippen LogP contribution in [0.25, 0.3) is 0 Å². The van der Waals surface area contributed by atoms with E-state index in [1.807, 2.05) is 11.3 Å². The molecule has 1 aromatic heterocycles. The Morgan fingerprint density at radius 3 is 2.60 bits per heavy atom. The summed E-state index contributed by atoms with van der Waals surface area (Å²) in [5.41, 5.74) is 1.62. The minimum Gasteiger partial charge on any atom is -0.307 e. The van der Waals surface area contributed by atoms with E-state index < -0.39 is 0 Å². The smallest absolute Gasteiger partial charge is 0.0388 e. The summed E-state index contributed by atoms with van der Waals surface area (Å²) in [4.78, 5) is 3.17. The second kappa shape index (κ2) is 4.67. The van der Waals surface area contributed by atoms with Crippen molar-refractivity contribution in [1.82, 2.24) is 5.32 Å². The summed E-state index contributed by atoms with van der Waals surface area (Å²) in [7, 11) is 0. The Labute approximate surface area is 96.9 Å². The number of hydrogen-bond donors (Lipinski definition) is 1. The fraction of sp³-hybridized carbons (Fsp3) is 0.692. The van der Waals surface area contributed by atoms with Gasteiger partial charge in [0.1, 0.15) is 0 Å². The van der Waals surface area contributed by atoms with Gasteiger partial charge in [-0.3, -0.25) is 0 Å². The molecule has 84 valence electrons. The predicted molar refractivity (Wildman–Crippen MR) is 67.6 cm³/mol. The number of fused-ring (bicyclic) bond motifs is 1. The highest BCUT2D eigenvalue weighted by atomic mass is 32.1. The second-order valence-corrected chi connectivity index (χ2v) is 6.02. The lowest BCUT2D eigenvalue weighted by Gasteiger charge is -2.14. The molecule has 0 bridgehead atoms. The standard InChI is InChI=1S/C13H21NS/c1-9(2)14-10(3)13-8-11-6-4-5-7-12(11)15-13/h8-10,14H,4-7H2,1-3H3. The van der Waals surface area contributed by atoms with Crippen molar-refractivity contribution in [2.24, 2.45) is 0 Å². The fourth-order valence-corrected chi connectivity index (χ4v) is 3.58. The number of rotatable bonds is 3. The largest absolute Gasteiger partial charge is 0.307 e. The maximum absolute atomic E-state index is 3.58. The molecule has 0 saturated carbocycles. The van der Waals surface area contributed by atoms with Gasteiger partial charge in [-0.15, -0.1) is 11.3 Å². The molecule has 0 aromatic carbocycles. The topological polar surface area (TPSA) is 12.0 Å². The molecule has 15 heavy (non-hydrogen) atoms. The van der Waals surface area contributed by atoms with Crippen molar-refractivity contribution in [2.75, 3.05) is 0 Å². The van der Waals surface area contributed by atoms with Crippen LogP contribution in [0.4, 0.5) is 0 Å². The van der Waals surface area contributed by atoms with Crippen molar-refractivity contribution in [3.05, 3.63) is 21.4 Å². The first-order valence-electron chi connectivity index (χ1n) is 6.04. The van der Waals surface area contributed by atoms with E-state index in [1.165, 1.54) is 30.6 Å². The highest BCUT2D eigenvalue weighted by molar-refractivity contribution is 7.12. The molecule has 0 aliphatic heterocycles. The molecule has 2 rings (SSSR count). The van der Waals surface area contributed by atoms with Crippen LogP contribution < -0.4 is 5.32 Å². The lowest BCUT2D eigenvalue weighted by Crippen LogP contribution is -2.25. The summed E-state index contributed by atoms with van der Waals surface area (Å²) < 4.78 is 0. The highest BCUT2D eigenvalue weighted by Crippen LogP contribution is 2.32. The van der Waals surface area contributed by atoms with E-state index >= 15 is 0 Å². The van der Waals surface area contributed by atoms with Gasteiger partial charge in [-0.05, 0) is 44.2 Å². The maximum Gasteiger partial charge on any atom is 0.0388 e. The zero-order valence-corrected chi connectivity index (χ0v) is 10.8. The first kappa shape index (κ1) is 11.2. The average Bonchev–Trinajstić information content (AvgIpc) is 2.59. The normalized spacial score (nSPS) is 17.9. The van der Waals surface area contributed by atoms with Crippen molar-refractivity contribution in [1.29, 1.82) is 0 Å². The molecule has 0 radical (unpaired) electrons. The van der Waals surface area contributed by atoms with Gasteiger partial charge in [-0.1, -0.05) is 13.8 Å². The van der Waals surface area contributed by atoms with Crippen LogP contribution in [0.2, 0.25) is 0 Å². The first-order valence-corrected chi connectivity index (χ1v) is 6.86. The molecular weight excluding hydrogens is 202 g/mol. The lowest BCUT2D eigenvalue weighted by atomic mass is 9.99. The summed E-state index contributed by atoms with van der Waals surface area (Å²) >= 11 is 2.02. The number of aryl methyl sites for hydroxylation is 2. The van der Waals surface area contributed by atoms with Gasteiger partial charge in [0.25, 0.3) is 0 Å². The van der Waals surface area contributed by atoms with Gasteiger partial charge in [0.05, 0.1) is 0 Å². The molecule has 0 fully saturated rings. The van der Waals surface area contributed by atoms with Gasteiger partial charge in [0.15, 0.2) is 0 Å². The number of nitrogens with one attached hydrogen (secondary N) is 1. The highest BCUT2D eigenvalue weighted by Gasteiger charge is 2.16. The molecule has 1 atom stereocenters. The molecule has 0 amide bonds. The number of thiophene rings is 1. The van der Waals surface area contributed by atoms with Gasteiger partial charge in [-0.2, -0.15) is 0 Å². The molecular formula is C13H21NS. The molecule has 1 aliphatic carbocycles. The molecule has 1 unspecified atom stereocenters. The average molecular weight is 223 g/mol. The Morgan fingerprint density at radius 2 is 1.93 bits per heavy atom. The predicted octanol–water partition coefficient (Wildman–Crippen LogP) is 3.69. The summed E-state index contributed by atoms with van der Waals surface area (Å²) in [5, 5.41) is 3.58. The van der Waals surface area contributed by atoms with Crippen molar-refractivity contribution in [2.45, 2.75) is 58.5 Å². The summed E-state index contributed by atoms with van der Waals surface area (Å²) in [6.45, 7) is 6.70. The van der Waals surface area contributed by atoms with E-state index in [0.717, 1.165) is 0 Å². The zero-order chi connectivity index (χ0) is 10.8.